The lowest BCUT2D eigenvalue weighted by atomic mass is 10.1. The zero-order chi connectivity index (χ0) is 10.7. The zero-order valence-corrected chi connectivity index (χ0v) is 9.85. The van der Waals surface area contributed by atoms with E-state index in [0.29, 0.717) is 5.15 Å². The van der Waals surface area contributed by atoms with Gasteiger partial charge in [-0.1, -0.05) is 24.4 Å². The maximum absolute atomic E-state index is 6.04. The van der Waals surface area contributed by atoms with Gasteiger partial charge in [-0.15, -0.1) is 0 Å². The lowest BCUT2D eigenvalue weighted by molar-refractivity contribution is 0.579. The Morgan fingerprint density at radius 1 is 1.47 bits per heavy atom. The van der Waals surface area contributed by atoms with Gasteiger partial charge >= 0.3 is 0 Å². The third-order valence-corrected chi connectivity index (χ3v) is 3.44. The van der Waals surface area contributed by atoms with Gasteiger partial charge in [0.1, 0.15) is 0 Å². The van der Waals surface area contributed by atoms with Gasteiger partial charge in [0.2, 0.25) is 0 Å². The largest absolute Gasteiger partial charge is 0.382 e. The van der Waals surface area contributed by atoms with Crippen LogP contribution in [0.15, 0.2) is 12.3 Å². The molecule has 0 bridgehead atoms. The highest BCUT2D eigenvalue weighted by atomic mass is 35.5. The van der Waals surface area contributed by atoms with E-state index in [1.807, 2.05) is 6.07 Å². The quantitative estimate of drug-likeness (QED) is 0.793. The number of aryl methyl sites for hydroxylation is 1. The molecular weight excluding hydrogens is 208 g/mol. The summed E-state index contributed by atoms with van der Waals surface area (Å²) >= 11 is 6.04. The molecule has 1 aliphatic carbocycles. The van der Waals surface area contributed by atoms with Crippen molar-refractivity contribution in [2.75, 3.05) is 11.9 Å². The summed E-state index contributed by atoms with van der Waals surface area (Å²) in [4.78, 5) is 4.09. The van der Waals surface area contributed by atoms with Crippen LogP contribution in [0.3, 0.4) is 0 Å². The number of pyridine rings is 1. The van der Waals surface area contributed by atoms with Crippen LogP contribution in [0, 0.1) is 12.8 Å². The van der Waals surface area contributed by atoms with Gasteiger partial charge in [0.25, 0.3) is 0 Å². The third-order valence-electron chi connectivity index (χ3n) is 3.16. The molecule has 1 aromatic rings. The predicted octanol–water partition coefficient (Wildman–Crippen LogP) is 3.65. The van der Waals surface area contributed by atoms with Crippen molar-refractivity contribution < 1.29 is 0 Å². The van der Waals surface area contributed by atoms with Crippen LogP contribution in [-0.2, 0) is 0 Å². The fraction of sp³-hybridized carbons (Fsp3) is 0.583. The van der Waals surface area contributed by atoms with Crippen LogP contribution in [-0.4, -0.2) is 11.5 Å². The lowest BCUT2D eigenvalue weighted by Gasteiger charge is -2.14. The molecule has 1 fully saturated rings. The fourth-order valence-corrected chi connectivity index (χ4v) is 2.47. The van der Waals surface area contributed by atoms with Crippen molar-refractivity contribution in [3.05, 3.63) is 23.0 Å². The van der Waals surface area contributed by atoms with Gasteiger partial charge in [-0.2, -0.15) is 0 Å². The van der Waals surface area contributed by atoms with Crippen LogP contribution in [0.4, 0.5) is 5.69 Å². The first-order valence-electron chi connectivity index (χ1n) is 5.62. The van der Waals surface area contributed by atoms with Gasteiger partial charge in [-0.05, 0) is 37.3 Å². The van der Waals surface area contributed by atoms with E-state index in [1.54, 1.807) is 6.20 Å². The molecule has 0 atom stereocenters. The second-order valence-corrected chi connectivity index (χ2v) is 4.68. The number of nitrogens with zero attached hydrogens (tertiary/aromatic N) is 1. The lowest BCUT2D eigenvalue weighted by Crippen LogP contribution is -2.12. The molecule has 2 rings (SSSR count). The van der Waals surface area contributed by atoms with Crippen molar-refractivity contribution in [2.45, 2.75) is 32.6 Å². The normalized spacial score (nSPS) is 16.9. The first-order valence-corrected chi connectivity index (χ1v) is 6.00. The Hall–Kier alpha value is -0.760. The summed E-state index contributed by atoms with van der Waals surface area (Å²) in [5, 5.41) is 4.02. The Bertz CT molecular complexity index is 312. The molecule has 82 valence electrons. The molecule has 1 aliphatic rings. The zero-order valence-electron chi connectivity index (χ0n) is 9.09. The monoisotopic (exact) mass is 224 g/mol. The standard InChI is InChI=1S/C12H17ClN2/c1-9-6-7-14-12(13)11(9)15-8-10-4-2-3-5-10/h6-7,10,15H,2-5,8H2,1H3. The van der Waals surface area contributed by atoms with E-state index in [-0.39, 0.29) is 0 Å². The number of anilines is 1. The van der Waals surface area contributed by atoms with E-state index in [0.717, 1.165) is 18.2 Å². The Labute approximate surface area is 96.1 Å². The topological polar surface area (TPSA) is 24.9 Å². The minimum absolute atomic E-state index is 0.591. The van der Waals surface area contributed by atoms with Crippen molar-refractivity contribution >= 4 is 17.3 Å². The summed E-state index contributed by atoms with van der Waals surface area (Å²) in [5.41, 5.74) is 2.18. The first kappa shape index (κ1) is 10.7. The van der Waals surface area contributed by atoms with Crippen LogP contribution >= 0.6 is 11.6 Å². The number of halogens is 1. The maximum atomic E-state index is 6.04. The first-order chi connectivity index (χ1) is 7.27. The Morgan fingerprint density at radius 3 is 2.87 bits per heavy atom. The number of rotatable bonds is 3. The van der Waals surface area contributed by atoms with E-state index in [9.17, 15) is 0 Å². The SMILES string of the molecule is Cc1ccnc(Cl)c1NCC1CCCC1. The molecule has 0 spiro atoms. The van der Waals surface area contributed by atoms with Gasteiger partial charge in [0.05, 0.1) is 5.69 Å². The highest BCUT2D eigenvalue weighted by Crippen LogP contribution is 2.27. The van der Waals surface area contributed by atoms with E-state index in [1.165, 1.54) is 31.2 Å². The summed E-state index contributed by atoms with van der Waals surface area (Å²) in [7, 11) is 0. The fourth-order valence-electron chi connectivity index (χ4n) is 2.20. The molecule has 0 radical (unpaired) electrons. The van der Waals surface area contributed by atoms with E-state index >= 15 is 0 Å². The van der Waals surface area contributed by atoms with Gasteiger partial charge in [0, 0.05) is 12.7 Å². The summed E-state index contributed by atoms with van der Waals surface area (Å²) in [5.74, 6) is 0.820. The molecule has 3 heteroatoms. The Morgan fingerprint density at radius 2 is 2.20 bits per heavy atom. The molecule has 1 heterocycles. The highest BCUT2D eigenvalue weighted by molar-refractivity contribution is 6.32. The average molecular weight is 225 g/mol. The number of hydrogen-bond acceptors (Lipinski definition) is 2. The molecular formula is C12H17ClN2. The average Bonchev–Trinajstić information content (AvgIpc) is 2.70. The number of hydrogen-bond donors (Lipinski definition) is 1. The van der Waals surface area contributed by atoms with Crippen molar-refractivity contribution in [2.24, 2.45) is 5.92 Å². The van der Waals surface area contributed by atoms with E-state index < -0.39 is 0 Å². The molecule has 0 unspecified atom stereocenters. The van der Waals surface area contributed by atoms with Crippen molar-refractivity contribution in [1.29, 1.82) is 0 Å². The minimum Gasteiger partial charge on any atom is -0.382 e. The maximum Gasteiger partial charge on any atom is 0.152 e. The molecule has 15 heavy (non-hydrogen) atoms. The Balaban J connectivity index is 1.97. The molecule has 0 aliphatic heterocycles. The van der Waals surface area contributed by atoms with Gasteiger partial charge in [-0.3, -0.25) is 0 Å². The van der Waals surface area contributed by atoms with Gasteiger partial charge < -0.3 is 5.32 Å². The second kappa shape index (κ2) is 4.84. The minimum atomic E-state index is 0.591. The second-order valence-electron chi connectivity index (χ2n) is 4.33. The predicted molar refractivity (Wildman–Crippen MR) is 64.4 cm³/mol. The summed E-state index contributed by atoms with van der Waals surface area (Å²) in [6, 6.07) is 1.99. The molecule has 0 aromatic carbocycles. The molecule has 1 aromatic heterocycles. The number of aromatic nitrogens is 1. The molecule has 1 saturated carbocycles. The van der Waals surface area contributed by atoms with Gasteiger partial charge in [-0.25, -0.2) is 4.98 Å². The van der Waals surface area contributed by atoms with E-state index in [2.05, 4.69) is 17.2 Å². The Kier molecular flexibility index (Phi) is 3.47. The molecule has 1 N–H and O–H groups in total. The highest BCUT2D eigenvalue weighted by Gasteiger charge is 2.15. The van der Waals surface area contributed by atoms with Crippen molar-refractivity contribution in [1.82, 2.24) is 4.98 Å². The third kappa shape index (κ3) is 2.63. The van der Waals surface area contributed by atoms with Crippen molar-refractivity contribution in [3.8, 4) is 0 Å². The summed E-state index contributed by atoms with van der Waals surface area (Å²) in [6.45, 7) is 3.09. The van der Waals surface area contributed by atoms with Crippen molar-refractivity contribution in [3.63, 3.8) is 0 Å². The van der Waals surface area contributed by atoms with Gasteiger partial charge in [0.15, 0.2) is 5.15 Å². The van der Waals surface area contributed by atoms with Crippen LogP contribution < -0.4 is 5.32 Å². The van der Waals surface area contributed by atoms with Crippen LogP contribution in [0.25, 0.3) is 0 Å². The molecule has 0 amide bonds. The summed E-state index contributed by atoms with van der Waals surface area (Å²) < 4.78 is 0. The van der Waals surface area contributed by atoms with Crippen LogP contribution in [0.5, 0.6) is 0 Å². The summed E-state index contributed by atoms with van der Waals surface area (Å²) in [6.07, 6.45) is 7.21. The van der Waals surface area contributed by atoms with Crippen LogP contribution in [0.1, 0.15) is 31.2 Å². The molecule has 0 saturated heterocycles. The molecule has 2 nitrogen and oxygen atoms in total. The smallest absolute Gasteiger partial charge is 0.152 e. The van der Waals surface area contributed by atoms with Crippen LogP contribution in [0.2, 0.25) is 5.15 Å². The number of nitrogens with one attached hydrogen (secondary N) is 1. The van der Waals surface area contributed by atoms with E-state index in [4.69, 9.17) is 11.6 Å².